The Labute approximate surface area is 148 Å². The minimum absolute atomic E-state index is 0.147. The first-order valence-electron chi connectivity index (χ1n) is 8.22. The van der Waals surface area contributed by atoms with E-state index in [4.69, 9.17) is 5.14 Å². The molecule has 9 heteroatoms. The van der Waals surface area contributed by atoms with Crippen LogP contribution in [-0.4, -0.2) is 55.2 Å². The smallest absolute Gasteiger partial charge is 0.407 e. The van der Waals surface area contributed by atoms with Crippen molar-refractivity contribution in [2.45, 2.75) is 43.7 Å². The van der Waals surface area contributed by atoms with Crippen molar-refractivity contribution in [3.63, 3.8) is 0 Å². The minimum Gasteiger partial charge on any atom is -0.465 e. The van der Waals surface area contributed by atoms with E-state index in [0.717, 1.165) is 19.3 Å². The standard InChI is InChI=1S/C16H26N4O4S/c1-16(2)10-12(11-20(16)15(21)22)6-5-9-19(3)13-7-4-8-14(18-13)25(17,23)24/h4,7-8,12H,5-6,9-11H2,1-3H3,(H,21,22)(H2,17,23,24). The summed E-state index contributed by atoms with van der Waals surface area (Å²) in [5.74, 6) is 0.883. The fourth-order valence-electron chi connectivity index (χ4n) is 3.42. The van der Waals surface area contributed by atoms with Crippen molar-refractivity contribution in [1.29, 1.82) is 0 Å². The van der Waals surface area contributed by atoms with Crippen molar-refractivity contribution in [3.8, 4) is 0 Å². The zero-order valence-electron chi connectivity index (χ0n) is 14.8. The highest BCUT2D eigenvalue weighted by Crippen LogP contribution is 2.35. The van der Waals surface area contributed by atoms with E-state index in [2.05, 4.69) is 4.98 Å². The van der Waals surface area contributed by atoms with E-state index in [1.54, 1.807) is 12.1 Å². The van der Waals surface area contributed by atoms with E-state index in [1.807, 2.05) is 25.8 Å². The first-order valence-corrected chi connectivity index (χ1v) is 9.77. The second-order valence-corrected chi connectivity index (χ2v) is 8.73. The first kappa shape index (κ1) is 19.5. The molecule has 0 spiro atoms. The van der Waals surface area contributed by atoms with Crippen molar-refractivity contribution < 1.29 is 18.3 Å². The van der Waals surface area contributed by atoms with Crippen LogP contribution in [-0.2, 0) is 10.0 Å². The van der Waals surface area contributed by atoms with Gasteiger partial charge in [0.25, 0.3) is 10.0 Å². The lowest BCUT2D eigenvalue weighted by Gasteiger charge is -2.28. The number of nitrogens with zero attached hydrogens (tertiary/aromatic N) is 3. The number of amides is 1. The maximum absolute atomic E-state index is 11.4. The number of sulfonamides is 1. The Bertz CT molecular complexity index is 735. The second kappa shape index (κ2) is 7.17. The van der Waals surface area contributed by atoms with Gasteiger partial charge in [0.2, 0.25) is 0 Å². The number of hydrogen-bond acceptors (Lipinski definition) is 5. The average Bonchev–Trinajstić information content (AvgIpc) is 2.81. The molecular formula is C16H26N4O4S. The van der Waals surface area contributed by atoms with Crippen LogP contribution in [0.25, 0.3) is 0 Å². The number of aromatic nitrogens is 1. The van der Waals surface area contributed by atoms with Gasteiger partial charge in [-0.1, -0.05) is 6.07 Å². The molecular weight excluding hydrogens is 344 g/mol. The zero-order valence-corrected chi connectivity index (χ0v) is 15.7. The highest BCUT2D eigenvalue weighted by molar-refractivity contribution is 7.89. The lowest BCUT2D eigenvalue weighted by molar-refractivity contribution is 0.117. The summed E-state index contributed by atoms with van der Waals surface area (Å²) in [5.41, 5.74) is -0.326. The molecule has 0 radical (unpaired) electrons. The summed E-state index contributed by atoms with van der Waals surface area (Å²) in [6.07, 6.45) is 1.76. The zero-order chi connectivity index (χ0) is 18.8. The molecule has 1 aliphatic rings. The van der Waals surface area contributed by atoms with Crippen molar-refractivity contribution in [3.05, 3.63) is 18.2 Å². The van der Waals surface area contributed by atoms with E-state index in [-0.39, 0.29) is 10.6 Å². The van der Waals surface area contributed by atoms with Crippen LogP contribution in [0.5, 0.6) is 0 Å². The molecule has 1 saturated heterocycles. The fraction of sp³-hybridized carbons (Fsp3) is 0.625. The predicted molar refractivity (Wildman–Crippen MR) is 95.0 cm³/mol. The van der Waals surface area contributed by atoms with E-state index in [1.165, 1.54) is 11.0 Å². The van der Waals surface area contributed by atoms with E-state index < -0.39 is 16.1 Å². The molecule has 1 aromatic heterocycles. The van der Waals surface area contributed by atoms with E-state index in [0.29, 0.717) is 24.8 Å². The molecule has 2 rings (SSSR count). The van der Waals surface area contributed by atoms with Crippen molar-refractivity contribution >= 4 is 21.9 Å². The Hall–Kier alpha value is -1.87. The molecule has 1 unspecified atom stereocenters. The Morgan fingerprint density at radius 3 is 2.72 bits per heavy atom. The third-order valence-corrected chi connectivity index (χ3v) is 5.50. The van der Waals surface area contributed by atoms with E-state index in [9.17, 15) is 18.3 Å². The van der Waals surface area contributed by atoms with Gasteiger partial charge >= 0.3 is 6.09 Å². The van der Waals surface area contributed by atoms with Crippen molar-refractivity contribution in [2.75, 3.05) is 25.0 Å². The topological polar surface area (TPSA) is 117 Å². The summed E-state index contributed by atoms with van der Waals surface area (Å²) in [5, 5.41) is 14.2. The van der Waals surface area contributed by atoms with Gasteiger partial charge in [-0.15, -0.1) is 0 Å². The highest BCUT2D eigenvalue weighted by atomic mass is 32.2. The minimum atomic E-state index is -3.82. The predicted octanol–water partition coefficient (Wildman–Crippen LogP) is 1.72. The lowest BCUT2D eigenvalue weighted by atomic mass is 9.93. The lowest BCUT2D eigenvalue weighted by Crippen LogP contribution is -2.41. The second-order valence-electron chi connectivity index (χ2n) is 7.22. The Balaban J connectivity index is 1.89. The molecule has 1 atom stereocenters. The van der Waals surface area contributed by atoms with Crippen LogP contribution in [0, 0.1) is 5.92 Å². The number of primary sulfonamides is 1. The maximum Gasteiger partial charge on any atom is 0.407 e. The number of anilines is 1. The number of pyridine rings is 1. The molecule has 0 aromatic carbocycles. The number of nitrogens with two attached hydrogens (primary N) is 1. The molecule has 1 aromatic rings. The molecule has 0 bridgehead atoms. The molecule has 8 nitrogen and oxygen atoms in total. The summed E-state index contributed by atoms with van der Waals surface area (Å²) in [6, 6.07) is 4.72. The number of carboxylic acid groups (broad SMARTS) is 1. The molecule has 1 aliphatic heterocycles. The van der Waals surface area contributed by atoms with Gasteiger partial charge < -0.3 is 14.9 Å². The average molecular weight is 370 g/mol. The number of likely N-dealkylation sites (tertiary alicyclic amines) is 1. The number of rotatable bonds is 6. The van der Waals surface area contributed by atoms with Gasteiger partial charge in [-0.25, -0.2) is 23.3 Å². The summed E-state index contributed by atoms with van der Waals surface area (Å²) in [4.78, 5) is 18.8. The van der Waals surface area contributed by atoms with Gasteiger partial charge in [0.1, 0.15) is 5.82 Å². The van der Waals surface area contributed by atoms with Crippen LogP contribution in [0.1, 0.15) is 33.1 Å². The number of carbonyl (C=O) groups is 1. The van der Waals surface area contributed by atoms with Crippen LogP contribution in [0.15, 0.2) is 23.2 Å². The fourth-order valence-corrected chi connectivity index (χ4v) is 3.91. The van der Waals surface area contributed by atoms with Gasteiger partial charge in [-0.2, -0.15) is 0 Å². The van der Waals surface area contributed by atoms with Crippen LogP contribution < -0.4 is 10.0 Å². The molecule has 1 fully saturated rings. The normalized spacial score (nSPS) is 19.8. The number of hydrogen-bond donors (Lipinski definition) is 2. The third kappa shape index (κ3) is 4.82. The Morgan fingerprint density at radius 2 is 2.16 bits per heavy atom. The molecule has 2 heterocycles. The molecule has 0 aliphatic carbocycles. The van der Waals surface area contributed by atoms with Gasteiger partial charge in [-0.05, 0) is 51.2 Å². The van der Waals surface area contributed by atoms with Gasteiger partial charge in [0.15, 0.2) is 5.03 Å². The molecule has 140 valence electrons. The van der Waals surface area contributed by atoms with Crippen LogP contribution in [0.3, 0.4) is 0 Å². The molecule has 25 heavy (non-hydrogen) atoms. The van der Waals surface area contributed by atoms with Gasteiger partial charge in [0, 0.05) is 25.7 Å². The third-order valence-electron chi connectivity index (χ3n) is 4.69. The van der Waals surface area contributed by atoms with E-state index >= 15 is 0 Å². The van der Waals surface area contributed by atoms with Crippen molar-refractivity contribution in [2.24, 2.45) is 11.1 Å². The summed E-state index contributed by atoms with van der Waals surface area (Å²) in [7, 11) is -1.97. The largest absolute Gasteiger partial charge is 0.465 e. The van der Waals surface area contributed by atoms with Crippen LogP contribution in [0.2, 0.25) is 0 Å². The Kier molecular flexibility index (Phi) is 5.58. The highest BCUT2D eigenvalue weighted by Gasteiger charge is 2.40. The summed E-state index contributed by atoms with van der Waals surface area (Å²) in [6.45, 7) is 5.17. The molecule has 1 amide bonds. The summed E-state index contributed by atoms with van der Waals surface area (Å²) >= 11 is 0. The summed E-state index contributed by atoms with van der Waals surface area (Å²) < 4.78 is 22.8. The van der Waals surface area contributed by atoms with Gasteiger partial charge in [-0.3, -0.25) is 0 Å². The first-order chi connectivity index (χ1) is 11.5. The van der Waals surface area contributed by atoms with Crippen LogP contribution >= 0.6 is 0 Å². The quantitative estimate of drug-likeness (QED) is 0.787. The Morgan fingerprint density at radius 1 is 1.48 bits per heavy atom. The molecule has 3 N–H and O–H groups in total. The SMILES string of the molecule is CN(CCCC1CN(C(=O)O)C(C)(C)C1)c1cccc(S(N)(=O)=O)n1. The van der Waals surface area contributed by atoms with Crippen LogP contribution in [0.4, 0.5) is 10.6 Å². The van der Waals surface area contributed by atoms with Gasteiger partial charge in [0.05, 0.1) is 0 Å². The van der Waals surface area contributed by atoms with Crippen molar-refractivity contribution in [1.82, 2.24) is 9.88 Å². The molecule has 0 saturated carbocycles. The maximum atomic E-state index is 11.4. The monoisotopic (exact) mass is 370 g/mol.